The van der Waals surface area contributed by atoms with Gasteiger partial charge in [0.05, 0.1) is 12.6 Å². The van der Waals surface area contributed by atoms with E-state index < -0.39 is 37.0 Å². The van der Waals surface area contributed by atoms with Crippen LogP contribution in [0, 0.1) is 0 Å². The van der Waals surface area contributed by atoms with E-state index in [4.69, 9.17) is 25.5 Å². The fraction of sp³-hybridized carbons (Fsp3) is 0.833. The summed E-state index contributed by atoms with van der Waals surface area (Å²) in [6, 6.07) is 0. The third kappa shape index (κ3) is 5.12. The molecule has 8 heteroatoms. The maximum atomic E-state index is 9.98. The molecule has 0 rings (SSSR count). The van der Waals surface area contributed by atoms with Crippen LogP contribution >= 0.6 is 0 Å². The molecule has 0 saturated heterocycles. The van der Waals surface area contributed by atoms with Crippen LogP contribution in [0.1, 0.15) is 0 Å². The number of hydrogen-bond acceptors (Lipinski definition) is 7. The monoisotopic (exact) mass is 234 g/mol. The van der Waals surface area contributed by atoms with Gasteiger partial charge in [0.2, 0.25) is 0 Å². The van der Waals surface area contributed by atoms with E-state index in [9.17, 15) is 9.90 Å². The first kappa shape index (κ1) is 17.3. The standard InChI is InChI=1S/C6H12O7.K/c7-1-2(8)3(9)4(10)5(11)6(12)13;/h2-5,7-11H,1H2,(H,12,13);/q;+1/p-1/t2-,3+,4-,5-;/m1./s1. The number of hydrogen-bond donors (Lipinski definition) is 5. The number of carbonyl (C=O) groups is 1. The van der Waals surface area contributed by atoms with Gasteiger partial charge >= 0.3 is 51.4 Å². The molecule has 0 aliphatic rings. The van der Waals surface area contributed by atoms with Crippen molar-refractivity contribution in [1.29, 1.82) is 0 Å². The third-order valence-corrected chi connectivity index (χ3v) is 1.50. The molecule has 0 saturated carbocycles. The molecule has 0 aromatic carbocycles. The van der Waals surface area contributed by atoms with Gasteiger partial charge in [-0.15, -0.1) is 0 Å². The van der Waals surface area contributed by atoms with Gasteiger partial charge in [0, 0.05) is 0 Å². The Morgan fingerprint density at radius 3 is 1.86 bits per heavy atom. The Morgan fingerprint density at radius 2 is 1.57 bits per heavy atom. The van der Waals surface area contributed by atoms with Crippen LogP contribution in [0.3, 0.4) is 0 Å². The summed E-state index contributed by atoms with van der Waals surface area (Å²) in [7, 11) is 0. The molecule has 5 N–H and O–H groups in total. The molecule has 0 spiro atoms. The van der Waals surface area contributed by atoms with Crippen LogP contribution in [-0.4, -0.2) is 62.5 Å². The van der Waals surface area contributed by atoms with Crippen molar-refractivity contribution in [3.63, 3.8) is 0 Å². The SMILES string of the molecule is O=C([O-])[C@H](O)[C@H](O)[C@@H](O)[C@H](O)CO.[K+]. The van der Waals surface area contributed by atoms with E-state index in [0.29, 0.717) is 0 Å². The predicted octanol–water partition coefficient (Wildman–Crippen LogP) is -7.82. The van der Waals surface area contributed by atoms with Crippen LogP contribution in [0.4, 0.5) is 0 Å². The normalized spacial score (nSPS) is 18.9. The van der Waals surface area contributed by atoms with Crippen LogP contribution in [0.5, 0.6) is 0 Å². The minimum Gasteiger partial charge on any atom is -0.547 e. The molecule has 0 bridgehead atoms. The van der Waals surface area contributed by atoms with Crippen LogP contribution in [0.25, 0.3) is 0 Å². The zero-order valence-electron chi connectivity index (χ0n) is 7.57. The average Bonchev–Trinajstić information content (AvgIpc) is 2.12. The largest absolute Gasteiger partial charge is 1.00 e. The smallest absolute Gasteiger partial charge is 0.547 e. The van der Waals surface area contributed by atoms with E-state index in [1.54, 1.807) is 0 Å². The molecule has 0 aromatic heterocycles. The molecule has 0 radical (unpaired) electrons. The zero-order valence-corrected chi connectivity index (χ0v) is 10.7. The molecule has 0 heterocycles. The summed E-state index contributed by atoms with van der Waals surface area (Å²) in [4.78, 5) is 9.98. The maximum Gasteiger partial charge on any atom is 1.00 e. The summed E-state index contributed by atoms with van der Waals surface area (Å²) >= 11 is 0. The quantitative estimate of drug-likeness (QED) is 0.297. The van der Waals surface area contributed by atoms with Gasteiger partial charge in [0.15, 0.2) is 0 Å². The van der Waals surface area contributed by atoms with Crippen molar-refractivity contribution >= 4 is 5.97 Å². The Hall–Kier alpha value is 0.906. The summed E-state index contributed by atoms with van der Waals surface area (Å²) in [5, 5.41) is 53.4. The first-order valence-corrected chi connectivity index (χ1v) is 3.45. The first-order chi connectivity index (χ1) is 5.91. The zero-order chi connectivity index (χ0) is 10.6. The average molecular weight is 234 g/mol. The van der Waals surface area contributed by atoms with Gasteiger partial charge in [-0.3, -0.25) is 0 Å². The van der Waals surface area contributed by atoms with Crippen LogP contribution in [0.15, 0.2) is 0 Å². The Morgan fingerprint density at radius 1 is 1.14 bits per heavy atom. The molecule has 0 aliphatic carbocycles. The molecule has 0 aliphatic heterocycles. The fourth-order valence-corrected chi connectivity index (χ4v) is 0.662. The number of carboxylic acid groups (broad SMARTS) is 1. The summed E-state index contributed by atoms with van der Waals surface area (Å²) in [5.41, 5.74) is 0. The summed E-state index contributed by atoms with van der Waals surface area (Å²) in [5.74, 6) is -1.98. The molecule has 0 aromatic rings. The van der Waals surface area contributed by atoms with E-state index in [0.717, 1.165) is 0 Å². The maximum absolute atomic E-state index is 9.98. The number of rotatable bonds is 5. The second-order valence-corrected chi connectivity index (χ2v) is 2.49. The van der Waals surface area contributed by atoms with Crippen molar-refractivity contribution in [2.24, 2.45) is 0 Å². The van der Waals surface area contributed by atoms with Gasteiger partial charge < -0.3 is 35.4 Å². The van der Waals surface area contributed by atoms with Crippen molar-refractivity contribution in [3.8, 4) is 0 Å². The second-order valence-electron chi connectivity index (χ2n) is 2.49. The minimum absolute atomic E-state index is 0. The predicted molar refractivity (Wildman–Crippen MR) is 36.1 cm³/mol. The van der Waals surface area contributed by atoms with Crippen LogP contribution in [-0.2, 0) is 4.79 Å². The van der Waals surface area contributed by atoms with Gasteiger partial charge in [0.25, 0.3) is 0 Å². The van der Waals surface area contributed by atoms with Gasteiger partial charge in [-0.2, -0.15) is 0 Å². The first-order valence-electron chi connectivity index (χ1n) is 3.45. The molecule has 14 heavy (non-hydrogen) atoms. The van der Waals surface area contributed by atoms with E-state index in [2.05, 4.69) is 0 Å². The van der Waals surface area contributed by atoms with E-state index in [1.807, 2.05) is 0 Å². The molecule has 0 fully saturated rings. The molecule has 0 unspecified atom stereocenters. The Bertz CT molecular complexity index is 176. The van der Waals surface area contributed by atoms with E-state index in [1.165, 1.54) is 0 Å². The van der Waals surface area contributed by atoms with Crippen molar-refractivity contribution in [3.05, 3.63) is 0 Å². The summed E-state index contributed by atoms with van der Waals surface area (Å²) in [6.07, 6.45) is -8.08. The molecular formula is C6H11KO7. The summed E-state index contributed by atoms with van der Waals surface area (Å²) < 4.78 is 0. The van der Waals surface area contributed by atoms with Crippen molar-refractivity contribution in [1.82, 2.24) is 0 Å². The number of carboxylic acids is 1. The third-order valence-electron chi connectivity index (χ3n) is 1.50. The topological polar surface area (TPSA) is 141 Å². The van der Waals surface area contributed by atoms with Gasteiger partial charge in [0.1, 0.15) is 24.4 Å². The molecule has 7 nitrogen and oxygen atoms in total. The number of aliphatic hydroxyl groups is 5. The Kier molecular flexibility index (Phi) is 10.0. The van der Waals surface area contributed by atoms with Crippen LogP contribution in [0.2, 0.25) is 0 Å². The summed E-state index contributed by atoms with van der Waals surface area (Å²) in [6.45, 7) is -0.863. The number of aliphatic hydroxyl groups excluding tert-OH is 5. The Balaban J connectivity index is 0. The fourth-order valence-electron chi connectivity index (χ4n) is 0.662. The number of aliphatic carboxylic acids is 1. The van der Waals surface area contributed by atoms with Crippen molar-refractivity contribution < 1.29 is 86.8 Å². The molecule has 78 valence electrons. The Labute approximate surface area is 122 Å². The van der Waals surface area contributed by atoms with Crippen molar-refractivity contribution in [2.75, 3.05) is 6.61 Å². The molecule has 0 amide bonds. The van der Waals surface area contributed by atoms with Gasteiger partial charge in [-0.05, 0) is 0 Å². The number of carbonyl (C=O) groups excluding carboxylic acids is 1. The van der Waals surface area contributed by atoms with E-state index >= 15 is 0 Å². The van der Waals surface area contributed by atoms with E-state index in [-0.39, 0.29) is 51.4 Å². The molecular weight excluding hydrogens is 223 g/mol. The minimum atomic E-state index is -2.31. The molecule has 4 atom stereocenters. The van der Waals surface area contributed by atoms with Crippen LogP contribution < -0.4 is 56.5 Å². The van der Waals surface area contributed by atoms with Crippen molar-refractivity contribution in [2.45, 2.75) is 24.4 Å². The second kappa shape index (κ2) is 8.10. The van der Waals surface area contributed by atoms with Gasteiger partial charge in [-0.25, -0.2) is 0 Å². The van der Waals surface area contributed by atoms with Gasteiger partial charge in [-0.1, -0.05) is 0 Å².